The number of nitrogens with zero attached hydrogens (tertiary/aromatic N) is 4. The van der Waals surface area contributed by atoms with Crippen LogP contribution in [0.2, 0.25) is 0 Å². The van der Waals surface area contributed by atoms with Crippen molar-refractivity contribution in [2.24, 2.45) is 5.92 Å². The van der Waals surface area contributed by atoms with Gasteiger partial charge in [-0.1, -0.05) is 19.9 Å². The molecular weight excluding hydrogens is 334 g/mol. The highest BCUT2D eigenvalue weighted by Gasteiger charge is 2.21. The fraction of sp³-hybridized carbons (Fsp3) is 0.444. The molecule has 8 nitrogen and oxygen atoms in total. The predicted octanol–water partition coefficient (Wildman–Crippen LogP) is 1.82. The molecule has 0 radical (unpaired) electrons. The lowest BCUT2D eigenvalue weighted by molar-refractivity contribution is -0.122. The van der Waals surface area contributed by atoms with E-state index >= 15 is 0 Å². The first-order valence-corrected chi connectivity index (χ1v) is 8.55. The average Bonchev–Trinajstić information content (AvgIpc) is 2.93. The number of fused-ring (bicyclic) bond motifs is 1. The van der Waals surface area contributed by atoms with Crippen molar-refractivity contribution in [1.82, 2.24) is 20.1 Å². The molecule has 1 atom stereocenters. The van der Waals surface area contributed by atoms with E-state index in [1.807, 2.05) is 38.1 Å². The molecule has 1 N–H and O–H groups in total. The quantitative estimate of drug-likeness (QED) is 0.878. The van der Waals surface area contributed by atoms with Crippen molar-refractivity contribution in [2.45, 2.75) is 32.9 Å². The second-order valence-electron chi connectivity index (χ2n) is 6.44. The molecule has 3 rings (SSSR count). The van der Waals surface area contributed by atoms with Crippen LogP contribution in [0.15, 0.2) is 24.5 Å². The number of nitrogens with one attached hydrogen (secondary N) is 1. The standard InChI is InChI=1S/C18H21N5O3/c1-12(2)18(21-17(24)10-23-11-20-22-16(23)9-19)13-4-5-14-15(8-13)26-7-3-6-25-14/h4-5,8,11-12,18H,3,6-7,10H2,1-2H3,(H,21,24)/t18-/m0/s1. The van der Waals surface area contributed by atoms with Crippen molar-refractivity contribution < 1.29 is 14.3 Å². The van der Waals surface area contributed by atoms with Crippen LogP contribution in [-0.2, 0) is 11.3 Å². The van der Waals surface area contributed by atoms with Crippen LogP contribution in [0.3, 0.4) is 0 Å². The van der Waals surface area contributed by atoms with Crippen LogP contribution < -0.4 is 14.8 Å². The summed E-state index contributed by atoms with van der Waals surface area (Å²) in [6.45, 7) is 5.31. The summed E-state index contributed by atoms with van der Waals surface area (Å²) in [6.07, 6.45) is 2.21. The van der Waals surface area contributed by atoms with Crippen LogP contribution in [0.1, 0.15) is 37.7 Å². The van der Waals surface area contributed by atoms with Crippen LogP contribution in [0.4, 0.5) is 0 Å². The number of carbonyl (C=O) groups excluding carboxylic acids is 1. The number of aromatic nitrogens is 3. The van der Waals surface area contributed by atoms with Gasteiger partial charge in [0.05, 0.1) is 19.3 Å². The van der Waals surface area contributed by atoms with Crippen LogP contribution in [0.25, 0.3) is 0 Å². The maximum Gasteiger partial charge on any atom is 0.240 e. The molecule has 0 spiro atoms. The molecule has 2 heterocycles. The Kier molecular flexibility index (Phi) is 5.37. The van der Waals surface area contributed by atoms with Gasteiger partial charge in [-0.05, 0) is 23.6 Å². The Labute approximate surface area is 151 Å². The molecule has 0 bridgehead atoms. The fourth-order valence-corrected chi connectivity index (χ4v) is 2.84. The van der Waals surface area contributed by atoms with Gasteiger partial charge < -0.3 is 14.8 Å². The fourth-order valence-electron chi connectivity index (χ4n) is 2.84. The summed E-state index contributed by atoms with van der Waals surface area (Å²) < 4.78 is 12.8. The van der Waals surface area contributed by atoms with Crippen molar-refractivity contribution in [3.05, 3.63) is 35.9 Å². The molecule has 0 saturated carbocycles. The van der Waals surface area contributed by atoms with Gasteiger partial charge in [-0.15, -0.1) is 10.2 Å². The van der Waals surface area contributed by atoms with Gasteiger partial charge in [-0.25, -0.2) is 0 Å². The summed E-state index contributed by atoms with van der Waals surface area (Å²) in [6, 6.07) is 7.46. The minimum Gasteiger partial charge on any atom is -0.490 e. The van der Waals surface area contributed by atoms with E-state index < -0.39 is 0 Å². The zero-order valence-electron chi connectivity index (χ0n) is 14.8. The van der Waals surface area contributed by atoms with Crippen LogP contribution in [0.5, 0.6) is 11.5 Å². The van der Waals surface area contributed by atoms with Crippen molar-refractivity contribution in [3.8, 4) is 17.6 Å². The van der Waals surface area contributed by atoms with Crippen LogP contribution in [0, 0.1) is 17.2 Å². The molecule has 136 valence electrons. The number of carbonyl (C=O) groups is 1. The number of rotatable bonds is 5. The SMILES string of the molecule is CC(C)[C@H](NC(=O)Cn1cnnc1C#N)c1ccc2c(c1)OCCCO2. The molecule has 0 saturated heterocycles. The van der Waals surface area contributed by atoms with E-state index in [0.717, 1.165) is 17.7 Å². The Morgan fingerprint density at radius 2 is 2.12 bits per heavy atom. The monoisotopic (exact) mass is 355 g/mol. The molecule has 0 unspecified atom stereocenters. The predicted molar refractivity (Wildman–Crippen MR) is 92.5 cm³/mol. The van der Waals surface area contributed by atoms with E-state index in [2.05, 4.69) is 15.5 Å². The number of amides is 1. The number of nitriles is 1. The zero-order chi connectivity index (χ0) is 18.5. The number of hydrogen-bond acceptors (Lipinski definition) is 6. The molecule has 26 heavy (non-hydrogen) atoms. The normalized spacial score (nSPS) is 14.4. The van der Waals surface area contributed by atoms with E-state index in [4.69, 9.17) is 14.7 Å². The smallest absolute Gasteiger partial charge is 0.240 e. The zero-order valence-corrected chi connectivity index (χ0v) is 14.8. The van der Waals surface area contributed by atoms with E-state index in [0.29, 0.717) is 19.0 Å². The first-order valence-electron chi connectivity index (χ1n) is 8.55. The van der Waals surface area contributed by atoms with Gasteiger partial charge in [0.1, 0.15) is 18.9 Å². The Balaban J connectivity index is 1.76. The van der Waals surface area contributed by atoms with E-state index in [9.17, 15) is 4.79 Å². The molecule has 2 aromatic rings. The molecule has 1 aliphatic heterocycles. The first kappa shape index (κ1) is 17.7. The summed E-state index contributed by atoms with van der Waals surface area (Å²) in [7, 11) is 0. The van der Waals surface area contributed by atoms with Crippen LogP contribution >= 0.6 is 0 Å². The van der Waals surface area contributed by atoms with Gasteiger partial charge in [0, 0.05) is 6.42 Å². The molecule has 8 heteroatoms. The van der Waals surface area contributed by atoms with Gasteiger partial charge in [0.15, 0.2) is 11.5 Å². The van der Waals surface area contributed by atoms with Crippen LogP contribution in [-0.4, -0.2) is 33.9 Å². The summed E-state index contributed by atoms with van der Waals surface area (Å²) in [5.41, 5.74) is 0.946. The van der Waals surface area contributed by atoms with Gasteiger partial charge in [0.25, 0.3) is 0 Å². The van der Waals surface area contributed by atoms with Gasteiger partial charge >= 0.3 is 0 Å². The lowest BCUT2D eigenvalue weighted by Gasteiger charge is -2.24. The minimum absolute atomic E-state index is 0.0103. The van der Waals surface area contributed by atoms with E-state index in [-0.39, 0.29) is 30.2 Å². The van der Waals surface area contributed by atoms with E-state index in [1.165, 1.54) is 10.9 Å². The highest BCUT2D eigenvalue weighted by atomic mass is 16.5. The molecule has 0 aliphatic carbocycles. The van der Waals surface area contributed by atoms with Gasteiger partial charge in [-0.2, -0.15) is 5.26 Å². The molecule has 1 aliphatic rings. The Hall–Kier alpha value is -3.08. The Bertz CT molecular complexity index is 824. The van der Waals surface area contributed by atoms with Crippen molar-refractivity contribution in [2.75, 3.05) is 13.2 Å². The molecule has 1 amide bonds. The summed E-state index contributed by atoms with van der Waals surface area (Å²) >= 11 is 0. The highest BCUT2D eigenvalue weighted by Crippen LogP contribution is 2.34. The summed E-state index contributed by atoms with van der Waals surface area (Å²) in [5.74, 6) is 1.48. The van der Waals surface area contributed by atoms with Gasteiger partial charge in [0.2, 0.25) is 11.7 Å². The first-order chi connectivity index (χ1) is 12.6. The third-order valence-electron chi connectivity index (χ3n) is 4.14. The van der Waals surface area contributed by atoms with Crippen molar-refractivity contribution in [1.29, 1.82) is 5.26 Å². The van der Waals surface area contributed by atoms with Crippen molar-refractivity contribution >= 4 is 5.91 Å². The lowest BCUT2D eigenvalue weighted by atomic mass is 9.95. The molecule has 0 fully saturated rings. The number of hydrogen-bond donors (Lipinski definition) is 1. The van der Waals surface area contributed by atoms with E-state index in [1.54, 1.807) is 0 Å². The molecule has 1 aromatic carbocycles. The Morgan fingerprint density at radius 3 is 2.85 bits per heavy atom. The topological polar surface area (TPSA) is 102 Å². The third-order valence-corrected chi connectivity index (χ3v) is 4.14. The number of benzene rings is 1. The number of ether oxygens (including phenoxy) is 2. The summed E-state index contributed by atoms with van der Waals surface area (Å²) in [4.78, 5) is 12.5. The molecular formula is C18H21N5O3. The maximum atomic E-state index is 12.5. The Morgan fingerprint density at radius 1 is 1.35 bits per heavy atom. The summed E-state index contributed by atoms with van der Waals surface area (Å²) in [5, 5.41) is 19.3. The maximum absolute atomic E-state index is 12.5. The van der Waals surface area contributed by atoms with Crippen molar-refractivity contribution in [3.63, 3.8) is 0 Å². The second-order valence-corrected chi connectivity index (χ2v) is 6.44. The third kappa shape index (κ3) is 3.94. The molecule has 1 aromatic heterocycles. The van der Waals surface area contributed by atoms with Gasteiger partial charge in [-0.3, -0.25) is 9.36 Å². The minimum atomic E-state index is -0.216. The lowest BCUT2D eigenvalue weighted by Crippen LogP contribution is -2.34. The average molecular weight is 355 g/mol. The second kappa shape index (κ2) is 7.87. The largest absolute Gasteiger partial charge is 0.490 e. The highest BCUT2D eigenvalue weighted by molar-refractivity contribution is 5.76.